The maximum Gasteiger partial charge on any atom is 0.228 e. The molecule has 2 aromatic rings. The van der Waals surface area contributed by atoms with Gasteiger partial charge in [-0.25, -0.2) is 0 Å². The Morgan fingerprint density at radius 1 is 1.11 bits per heavy atom. The van der Waals surface area contributed by atoms with E-state index in [0.717, 1.165) is 49.4 Å². The molecule has 1 amide bonds. The Morgan fingerprint density at radius 2 is 1.75 bits per heavy atom. The van der Waals surface area contributed by atoms with Gasteiger partial charge in [-0.3, -0.25) is 4.79 Å². The molecule has 0 radical (unpaired) electrons. The second-order valence-electron chi connectivity index (χ2n) is 7.73. The highest BCUT2D eigenvalue weighted by molar-refractivity contribution is 5.84. The summed E-state index contributed by atoms with van der Waals surface area (Å²) < 4.78 is 5.29. The van der Waals surface area contributed by atoms with E-state index in [0.29, 0.717) is 12.5 Å². The van der Waals surface area contributed by atoms with E-state index in [-0.39, 0.29) is 11.8 Å². The highest BCUT2D eigenvalue weighted by Gasteiger charge is 2.32. The first-order valence-corrected chi connectivity index (χ1v) is 10.3. The van der Waals surface area contributed by atoms with E-state index < -0.39 is 0 Å². The van der Waals surface area contributed by atoms with E-state index in [1.165, 1.54) is 5.56 Å². The lowest BCUT2D eigenvalue weighted by Crippen LogP contribution is -2.40. The van der Waals surface area contributed by atoms with Crippen LogP contribution in [-0.2, 0) is 11.3 Å². The predicted octanol–water partition coefficient (Wildman–Crippen LogP) is 4.14. The fourth-order valence-corrected chi connectivity index (χ4v) is 4.06. The van der Waals surface area contributed by atoms with Crippen molar-refractivity contribution in [2.75, 3.05) is 26.7 Å². The van der Waals surface area contributed by atoms with Gasteiger partial charge in [0.05, 0.1) is 13.0 Å². The summed E-state index contributed by atoms with van der Waals surface area (Å²) in [7, 11) is 1.67. The molecule has 4 heteroatoms. The van der Waals surface area contributed by atoms with Crippen LogP contribution in [0.15, 0.2) is 48.5 Å². The Bertz CT molecular complexity index is 747. The predicted molar refractivity (Wildman–Crippen MR) is 114 cm³/mol. The first-order valence-electron chi connectivity index (χ1n) is 10.3. The van der Waals surface area contributed by atoms with Crippen molar-refractivity contribution in [3.8, 4) is 5.75 Å². The summed E-state index contributed by atoms with van der Waals surface area (Å²) in [5.74, 6) is 1.20. The van der Waals surface area contributed by atoms with Crippen LogP contribution in [0, 0.1) is 12.8 Å². The third-order valence-electron chi connectivity index (χ3n) is 5.90. The van der Waals surface area contributed by atoms with Gasteiger partial charge < -0.3 is 15.0 Å². The third-order valence-corrected chi connectivity index (χ3v) is 5.90. The summed E-state index contributed by atoms with van der Waals surface area (Å²) in [6.07, 6.45) is 2.12. The molecule has 3 rings (SSSR count). The first-order chi connectivity index (χ1) is 13.6. The van der Waals surface area contributed by atoms with Crippen molar-refractivity contribution in [2.45, 2.75) is 39.2 Å². The molecule has 150 valence electrons. The van der Waals surface area contributed by atoms with Gasteiger partial charge in [-0.2, -0.15) is 0 Å². The van der Waals surface area contributed by atoms with Gasteiger partial charge in [-0.1, -0.05) is 48.9 Å². The summed E-state index contributed by atoms with van der Waals surface area (Å²) in [6, 6.07) is 16.3. The molecular weight excluding hydrogens is 348 g/mol. The van der Waals surface area contributed by atoms with Crippen molar-refractivity contribution in [3.63, 3.8) is 0 Å². The molecule has 1 heterocycles. The Labute approximate surface area is 168 Å². The molecule has 0 saturated carbocycles. The number of rotatable bonds is 7. The molecule has 1 N–H and O–H groups in total. The number of methoxy groups -OCH3 is 1. The number of benzene rings is 2. The van der Waals surface area contributed by atoms with Crippen molar-refractivity contribution in [1.29, 1.82) is 0 Å². The number of likely N-dealkylation sites (tertiary alicyclic amines) is 1. The Balaban J connectivity index is 1.74. The van der Waals surface area contributed by atoms with E-state index >= 15 is 0 Å². The second-order valence-corrected chi connectivity index (χ2v) is 7.73. The number of hydrogen-bond acceptors (Lipinski definition) is 3. The Morgan fingerprint density at radius 3 is 2.32 bits per heavy atom. The lowest BCUT2D eigenvalue weighted by molar-refractivity contribution is -0.124. The number of carbonyl (C=O) groups is 1. The minimum atomic E-state index is -0.115. The molecule has 4 nitrogen and oxygen atoms in total. The van der Waals surface area contributed by atoms with Crippen LogP contribution in [0.5, 0.6) is 5.75 Å². The average Bonchev–Trinajstić information content (AvgIpc) is 2.74. The largest absolute Gasteiger partial charge is 0.497 e. The second kappa shape index (κ2) is 9.74. The van der Waals surface area contributed by atoms with Gasteiger partial charge in [0, 0.05) is 6.54 Å². The van der Waals surface area contributed by atoms with Crippen molar-refractivity contribution in [2.24, 2.45) is 5.92 Å². The molecule has 1 fully saturated rings. The number of nitrogens with one attached hydrogen (secondary N) is 1. The Hall–Kier alpha value is -2.33. The fourth-order valence-electron chi connectivity index (χ4n) is 4.06. The normalized spacial score (nSPS) is 16.5. The van der Waals surface area contributed by atoms with E-state index in [4.69, 9.17) is 4.74 Å². The van der Waals surface area contributed by atoms with Crippen LogP contribution in [0.1, 0.15) is 42.4 Å². The lowest BCUT2D eigenvalue weighted by Gasteiger charge is -2.35. The zero-order chi connectivity index (χ0) is 19.9. The number of hydrogen-bond donors (Lipinski definition) is 1. The SMILES string of the molecule is CCN1CCC(C(C(=O)NCc2ccc(C)cc2)c2ccc(OC)cc2)CC1. The number of nitrogens with zero attached hydrogens (tertiary/aromatic N) is 1. The summed E-state index contributed by atoms with van der Waals surface area (Å²) in [5, 5.41) is 3.18. The zero-order valence-corrected chi connectivity index (χ0v) is 17.3. The third kappa shape index (κ3) is 5.14. The molecule has 2 aromatic carbocycles. The molecule has 0 aromatic heterocycles. The molecule has 1 saturated heterocycles. The maximum absolute atomic E-state index is 13.2. The number of ether oxygens (including phenoxy) is 1. The van der Waals surface area contributed by atoms with Gasteiger partial charge in [0.15, 0.2) is 0 Å². The van der Waals surface area contributed by atoms with E-state index in [1.807, 2.05) is 24.3 Å². The maximum atomic E-state index is 13.2. The van der Waals surface area contributed by atoms with Crippen LogP contribution in [0.2, 0.25) is 0 Å². The van der Waals surface area contributed by atoms with Gasteiger partial charge in [0.25, 0.3) is 0 Å². The van der Waals surface area contributed by atoms with Gasteiger partial charge in [-0.15, -0.1) is 0 Å². The van der Waals surface area contributed by atoms with Crippen LogP contribution in [-0.4, -0.2) is 37.6 Å². The smallest absolute Gasteiger partial charge is 0.228 e. The van der Waals surface area contributed by atoms with Gasteiger partial charge in [0.1, 0.15) is 5.75 Å². The van der Waals surface area contributed by atoms with Gasteiger partial charge in [-0.05, 0) is 68.6 Å². The molecular formula is C24H32N2O2. The number of amides is 1. The van der Waals surface area contributed by atoms with Crippen LogP contribution in [0.4, 0.5) is 0 Å². The summed E-state index contributed by atoms with van der Waals surface area (Å²) in [4.78, 5) is 15.7. The van der Waals surface area contributed by atoms with Crippen molar-refractivity contribution < 1.29 is 9.53 Å². The van der Waals surface area contributed by atoms with Crippen LogP contribution >= 0.6 is 0 Å². The fraction of sp³-hybridized carbons (Fsp3) is 0.458. The quantitative estimate of drug-likeness (QED) is 0.785. The van der Waals surface area contributed by atoms with E-state index in [9.17, 15) is 4.79 Å². The van der Waals surface area contributed by atoms with Crippen LogP contribution < -0.4 is 10.1 Å². The summed E-state index contributed by atoms with van der Waals surface area (Å²) >= 11 is 0. The summed E-state index contributed by atoms with van der Waals surface area (Å²) in [5.41, 5.74) is 3.44. The zero-order valence-electron chi connectivity index (χ0n) is 17.3. The topological polar surface area (TPSA) is 41.6 Å². The molecule has 0 bridgehead atoms. The lowest BCUT2D eigenvalue weighted by atomic mass is 9.79. The van der Waals surface area contributed by atoms with Crippen molar-refractivity contribution >= 4 is 5.91 Å². The number of piperidine rings is 1. The molecule has 1 unspecified atom stereocenters. The van der Waals surface area contributed by atoms with E-state index in [1.54, 1.807) is 7.11 Å². The van der Waals surface area contributed by atoms with Gasteiger partial charge in [0.2, 0.25) is 5.91 Å². The van der Waals surface area contributed by atoms with Crippen molar-refractivity contribution in [1.82, 2.24) is 10.2 Å². The van der Waals surface area contributed by atoms with E-state index in [2.05, 4.69) is 48.3 Å². The Kier molecular flexibility index (Phi) is 7.10. The molecule has 1 atom stereocenters. The highest BCUT2D eigenvalue weighted by atomic mass is 16.5. The molecule has 1 aliphatic rings. The van der Waals surface area contributed by atoms with Gasteiger partial charge >= 0.3 is 0 Å². The first kappa shape index (κ1) is 20.4. The molecule has 0 spiro atoms. The number of aryl methyl sites for hydroxylation is 1. The standard InChI is InChI=1S/C24H32N2O2/c1-4-26-15-13-21(14-16-26)23(20-9-11-22(28-3)12-10-20)24(27)25-17-19-7-5-18(2)6-8-19/h5-12,21,23H,4,13-17H2,1-3H3,(H,25,27). The van der Waals surface area contributed by atoms with Crippen molar-refractivity contribution in [3.05, 3.63) is 65.2 Å². The molecule has 1 aliphatic heterocycles. The number of carbonyl (C=O) groups excluding carboxylic acids is 1. The minimum Gasteiger partial charge on any atom is -0.497 e. The minimum absolute atomic E-state index is 0.115. The highest BCUT2D eigenvalue weighted by Crippen LogP contribution is 2.34. The monoisotopic (exact) mass is 380 g/mol. The molecule has 28 heavy (non-hydrogen) atoms. The molecule has 0 aliphatic carbocycles. The summed E-state index contributed by atoms with van der Waals surface area (Å²) in [6.45, 7) is 8.07. The van der Waals surface area contributed by atoms with Crippen LogP contribution in [0.25, 0.3) is 0 Å². The average molecular weight is 381 g/mol. The van der Waals surface area contributed by atoms with Crippen LogP contribution in [0.3, 0.4) is 0 Å².